The Bertz CT molecular complexity index is 714. The Hall–Kier alpha value is -2.34. The topological polar surface area (TPSA) is 81.9 Å². The number of aromatic carboxylic acids is 1. The van der Waals surface area contributed by atoms with Gasteiger partial charge in [0, 0.05) is 10.0 Å². The third-order valence-electron chi connectivity index (χ3n) is 2.85. The van der Waals surface area contributed by atoms with Gasteiger partial charge in [-0.1, -0.05) is 28.1 Å². The van der Waals surface area contributed by atoms with Crippen LogP contribution in [0.5, 0.6) is 5.75 Å². The summed E-state index contributed by atoms with van der Waals surface area (Å²) in [5.74, 6) is -0.927. The number of carbonyl (C=O) groups is 1. The Morgan fingerprint density at radius 3 is 2.62 bits per heavy atom. The minimum atomic E-state index is -1.03. The maximum Gasteiger partial charge on any atom is 0.337 e. The highest BCUT2D eigenvalue weighted by Gasteiger charge is 2.09. The normalized spacial score (nSPS) is 11.2. The van der Waals surface area contributed by atoms with E-state index >= 15 is 0 Å². The number of hydrazone groups is 1. The summed E-state index contributed by atoms with van der Waals surface area (Å²) in [5.41, 5.74) is 4.34. The molecular formula is C15H13BrN2O3. The van der Waals surface area contributed by atoms with E-state index in [9.17, 15) is 9.90 Å². The summed E-state index contributed by atoms with van der Waals surface area (Å²) in [5, 5.41) is 23.0. The molecule has 0 heterocycles. The van der Waals surface area contributed by atoms with Crippen molar-refractivity contribution >= 4 is 33.3 Å². The van der Waals surface area contributed by atoms with Crippen molar-refractivity contribution in [2.45, 2.75) is 6.92 Å². The molecule has 2 aromatic carbocycles. The molecule has 0 amide bonds. The van der Waals surface area contributed by atoms with Crippen LogP contribution in [0.1, 0.15) is 22.8 Å². The van der Waals surface area contributed by atoms with Crippen LogP contribution in [-0.2, 0) is 0 Å². The largest absolute Gasteiger partial charge is 0.507 e. The molecule has 0 aliphatic carbocycles. The molecule has 2 rings (SSSR count). The molecule has 2 aromatic rings. The van der Waals surface area contributed by atoms with Crippen LogP contribution < -0.4 is 5.43 Å². The zero-order chi connectivity index (χ0) is 15.4. The number of nitrogens with one attached hydrogen (secondary N) is 1. The molecule has 0 fully saturated rings. The van der Waals surface area contributed by atoms with Gasteiger partial charge in [-0.3, -0.25) is 5.43 Å². The van der Waals surface area contributed by atoms with Crippen LogP contribution in [0.2, 0.25) is 0 Å². The van der Waals surface area contributed by atoms with E-state index in [-0.39, 0.29) is 11.3 Å². The first-order valence-corrected chi connectivity index (χ1v) is 6.90. The molecule has 0 saturated carbocycles. The number of rotatable bonds is 4. The molecule has 0 bridgehead atoms. The molecule has 21 heavy (non-hydrogen) atoms. The molecule has 0 spiro atoms. The van der Waals surface area contributed by atoms with Gasteiger partial charge in [0.05, 0.1) is 17.0 Å². The molecule has 0 aliphatic heterocycles. The summed E-state index contributed by atoms with van der Waals surface area (Å²) in [6.07, 6.45) is 0. The van der Waals surface area contributed by atoms with Gasteiger partial charge in [0.15, 0.2) is 0 Å². The van der Waals surface area contributed by atoms with Gasteiger partial charge in [-0.2, -0.15) is 5.10 Å². The molecule has 0 aromatic heterocycles. The first kappa shape index (κ1) is 15.1. The predicted octanol–water partition coefficient (Wildman–Crippen LogP) is 3.69. The fraction of sp³-hybridized carbons (Fsp3) is 0.0667. The Kier molecular flexibility index (Phi) is 4.59. The van der Waals surface area contributed by atoms with E-state index in [4.69, 9.17) is 5.11 Å². The molecule has 0 atom stereocenters. The van der Waals surface area contributed by atoms with Crippen molar-refractivity contribution in [2.24, 2.45) is 5.10 Å². The lowest BCUT2D eigenvalue weighted by molar-refractivity contribution is 0.0698. The second kappa shape index (κ2) is 6.41. The van der Waals surface area contributed by atoms with Gasteiger partial charge in [-0.15, -0.1) is 0 Å². The molecule has 3 N–H and O–H groups in total. The van der Waals surface area contributed by atoms with Gasteiger partial charge in [-0.25, -0.2) is 4.79 Å². The quantitative estimate of drug-likeness (QED) is 0.581. The summed E-state index contributed by atoms with van der Waals surface area (Å²) < 4.78 is 0.816. The number of phenols is 1. The zero-order valence-corrected chi connectivity index (χ0v) is 12.8. The van der Waals surface area contributed by atoms with Crippen molar-refractivity contribution in [3.8, 4) is 5.75 Å². The zero-order valence-electron chi connectivity index (χ0n) is 11.2. The van der Waals surface area contributed by atoms with Gasteiger partial charge in [0.25, 0.3) is 0 Å². The van der Waals surface area contributed by atoms with Crippen molar-refractivity contribution < 1.29 is 15.0 Å². The standard InChI is InChI=1S/C15H13BrN2O3/c1-9(12-8-10(16)6-7-14(12)19)17-18-13-5-3-2-4-11(13)15(20)21/h2-8,18-19H,1H3,(H,20,21). The van der Waals surface area contributed by atoms with Crippen LogP contribution in [-0.4, -0.2) is 21.9 Å². The molecular weight excluding hydrogens is 336 g/mol. The van der Waals surface area contributed by atoms with Crippen LogP contribution in [0.3, 0.4) is 0 Å². The fourth-order valence-corrected chi connectivity index (χ4v) is 2.13. The van der Waals surface area contributed by atoms with Crippen LogP contribution in [0.4, 0.5) is 5.69 Å². The number of hydrogen-bond donors (Lipinski definition) is 3. The maximum atomic E-state index is 11.1. The van der Waals surface area contributed by atoms with Crippen molar-refractivity contribution in [3.63, 3.8) is 0 Å². The first-order valence-electron chi connectivity index (χ1n) is 6.10. The number of phenolic OH excluding ortho intramolecular Hbond substituents is 1. The first-order chi connectivity index (χ1) is 9.99. The number of hydrogen-bond acceptors (Lipinski definition) is 4. The number of carboxylic acids is 1. The number of nitrogens with zero attached hydrogens (tertiary/aromatic N) is 1. The average Bonchev–Trinajstić information content (AvgIpc) is 2.47. The minimum Gasteiger partial charge on any atom is -0.507 e. The minimum absolute atomic E-state index is 0.104. The number of benzene rings is 2. The Morgan fingerprint density at radius 2 is 1.90 bits per heavy atom. The molecule has 0 aliphatic rings. The van der Waals surface area contributed by atoms with E-state index in [1.165, 1.54) is 6.07 Å². The number of carboxylic acid groups (broad SMARTS) is 1. The highest BCUT2D eigenvalue weighted by molar-refractivity contribution is 9.10. The van der Waals surface area contributed by atoms with E-state index in [0.29, 0.717) is 17.0 Å². The van der Waals surface area contributed by atoms with Crippen molar-refractivity contribution in [1.82, 2.24) is 0 Å². The smallest absolute Gasteiger partial charge is 0.337 e. The Labute approximate surface area is 130 Å². The third kappa shape index (κ3) is 3.61. The molecule has 5 nitrogen and oxygen atoms in total. The van der Waals surface area contributed by atoms with Crippen molar-refractivity contribution in [2.75, 3.05) is 5.43 Å². The van der Waals surface area contributed by atoms with Crippen molar-refractivity contribution in [3.05, 3.63) is 58.1 Å². The third-order valence-corrected chi connectivity index (χ3v) is 3.34. The Morgan fingerprint density at radius 1 is 1.19 bits per heavy atom. The van der Waals surface area contributed by atoms with E-state index < -0.39 is 5.97 Å². The van der Waals surface area contributed by atoms with Crippen LogP contribution in [0, 0.1) is 0 Å². The lowest BCUT2D eigenvalue weighted by Crippen LogP contribution is -2.05. The monoisotopic (exact) mass is 348 g/mol. The number of para-hydroxylation sites is 1. The lowest BCUT2D eigenvalue weighted by Gasteiger charge is -2.08. The summed E-state index contributed by atoms with van der Waals surface area (Å²) in [4.78, 5) is 11.1. The lowest BCUT2D eigenvalue weighted by atomic mass is 10.1. The van der Waals surface area contributed by atoms with Gasteiger partial charge >= 0.3 is 5.97 Å². The molecule has 0 saturated heterocycles. The summed E-state index contributed by atoms with van der Waals surface area (Å²) in [6.45, 7) is 1.72. The summed E-state index contributed by atoms with van der Waals surface area (Å²) >= 11 is 3.33. The van der Waals surface area contributed by atoms with Gasteiger partial charge < -0.3 is 10.2 Å². The van der Waals surface area contributed by atoms with Gasteiger partial charge in [0.1, 0.15) is 5.75 Å². The van der Waals surface area contributed by atoms with Crippen LogP contribution in [0.15, 0.2) is 52.0 Å². The van der Waals surface area contributed by atoms with Crippen LogP contribution in [0.25, 0.3) is 0 Å². The SMILES string of the molecule is CC(=NNc1ccccc1C(=O)O)c1cc(Br)ccc1O. The van der Waals surface area contributed by atoms with E-state index in [0.717, 1.165) is 4.47 Å². The predicted molar refractivity (Wildman–Crippen MR) is 85.0 cm³/mol. The number of halogens is 1. The summed E-state index contributed by atoms with van der Waals surface area (Å²) in [7, 11) is 0. The maximum absolute atomic E-state index is 11.1. The second-order valence-electron chi connectivity index (χ2n) is 4.32. The van der Waals surface area contributed by atoms with E-state index in [1.54, 1.807) is 43.3 Å². The van der Waals surface area contributed by atoms with E-state index in [2.05, 4.69) is 26.5 Å². The number of aromatic hydroxyl groups is 1. The fourth-order valence-electron chi connectivity index (χ4n) is 1.77. The average molecular weight is 349 g/mol. The van der Waals surface area contributed by atoms with Gasteiger partial charge in [-0.05, 0) is 37.3 Å². The van der Waals surface area contributed by atoms with Gasteiger partial charge in [0.2, 0.25) is 0 Å². The Balaban J connectivity index is 2.29. The van der Waals surface area contributed by atoms with Crippen molar-refractivity contribution in [1.29, 1.82) is 0 Å². The second-order valence-corrected chi connectivity index (χ2v) is 5.24. The molecule has 108 valence electrons. The molecule has 0 unspecified atom stereocenters. The molecule has 6 heteroatoms. The van der Waals surface area contributed by atoms with E-state index in [1.807, 2.05) is 0 Å². The highest BCUT2D eigenvalue weighted by Crippen LogP contribution is 2.23. The number of anilines is 1. The summed E-state index contributed by atoms with van der Waals surface area (Å²) in [6, 6.07) is 11.5. The van der Waals surface area contributed by atoms with Crippen LogP contribution >= 0.6 is 15.9 Å². The highest BCUT2D eigenvalue weighted by atomic mass is 79.9. The molecule has 0 radical (unpaired) electrons.